The number of carbonyl (C=O) groups is 1. The van der Waals surface area contributed by atoms with Crippen molar-refractivity contribution in [1.29, 1.82) is 0 Å². The van der Waals surface area contributed by atoms with E-state index in [1.54, 1.807) is 31.6 Å². The number of hydrogen-bond donors (Lipinski definition) is 0. The summed E-state index contributed by atoms with van der Waals surface area (Å²) in [5.74, 6) is -0.176. The van der Waals surface area contributed by atoms with Crippen molar-refractivity contribution in [2.24, 2.45) is 5.92 Å². The number of carbonyl (C=O) groups excluding carboxylic acids is 1. The molecule has 0 saturated heterocycles. The fourth-order valence-corrected chi connectivity index (χ4v) is 4.84. The van der Waals surface area contributed by atoms with E-state index in [1.807, 2.05) is 31.3 Å². The van der Waals surface area contributed by atoms with Crippen LogP contribution in [-0.4, -0.2) is 38.3 Å². The van der Waals surface area contributed by atoms with Gasteiger partial charge in [-0.05, 0) is 65.9 Å². The third-order valence-corrected chi connectivity index (χ3v) is 6.45. The van der Waals surface area contributed by atoms with Gasteiger partial charge in [0.2, 0.25) is 0 Å². The molecule has 1 heterocycles. The van der Waals surface area contributed by atoms with Gasteiger partial charge in [0.25, 0.3) is 0 Å². The SMILES string of the molecule is COC(=O)C1CCC(N(C)c2cc(-c3ccncc3)ccc2OC)C1c1ccc(F)cc1.Cl.Cl. The maximum absolute atomic E-state index is 13.6. The lowest BCUT2D eigenvalue weighted by Crippen LogP contribution is -2.36. The maximum atomic E-state index is 13.6. The van der Waals surface area contributed by atoms with Crippen LogP contribution >= 0.6 is 24.8 Å². The van der Waals surface area contributed by atoms with Gasteiger partial charge in [-0.25, -0.2) is 4.39 Å². The van der Waals surface area contributed by atoms with Crippen LogP contribution in [0.5, 0.6) is 5.75 Å². The monoisotopic (exact) mass is 506 g/mol. The molecule has 1 aliphatic rings. The Kier molecular flexibility index (Phi) is 9.71. The lowest BCUT2D eigenvalue weighted by molar-refractivity contribution is -0.145. The number of nitrogens with zero attached hydrogens (tertiary/aromatic N) is 2. The number of anilines is 1. The maximum Gasteiger partial charge on any atom is 0.309 e. The summed E-state index contributed by atoms with van der Waals surface area (Å²) in [6, 6.07) is 16.5. The summed E-state index contributed by atoms with van der Waals surface area (Å²) >= 11 is 0. The van der Waals surface area contributed by atoms with Gasteiger partial charge in [0.15, 0.2) is 0 Å². The van der Waals surface area contributed by atoms with Crippen molar-refractivity contribution in [3.63, 3.8) is 0 Å². The van der Waals surface area contributed by atoms with Crippen molar-refractivity contribution in [3.05, 3.63) is 78.4 Å². The molecule has 8 heteroatoms. The van der Waals surface area contributed by atoms with Crippen LogP contribution < -0.4 is 9.64 Å². The van der Waals surface area contributed by atoms with Crippen LogP contribution in [0.4, 0.5) is 10.1 Å². The van der Waals surface area contributed by atoms with Gasteiger partial charge in [-0.3, -0.25) is 9.78 Å². The molecule has 5 nitrogen and oxygen atoms in total. The minimum Gasteiger partial charge on any atom is -0.495 e. The number of aromatic nitrogens is 1. The zero-order valence-corrected chi connectivity index (χ0v) is 20.9. The normalized spacial score (nSPS) is 18.9. The van der Waals surface area contributed by atoms with Crippen molar-refractivity contribution >= 4 is 36.5 Å². The molecule has 0 amide bonds. The van der Waals surface area contributed by atoms with E-state index in [0.717, 1.165) is 34.5 Å². The highest BCUT2D eigenvalue weighted by Gasteiger charge is 2.44. The highest BCUT2D eigenvalue weighted by Crippen LogP contribution is 2.46. The van der Waals surface area contributed by atoms with Crippen LogP contribution in [0.1, 0.15) is 24.3 Å². The molecule has 3 unspecified atom stereocenters. The molecule has 182 valence electrons. The Morgan fingerprint density at radius 1 is 0.971 bits per heavy atom. The van der Waals surface area contributed by atoms with Crippen molar-refractivity contribution in [2.45, 2.75) is 24.8 Å². The highest BCUT2D eigenvalue weighted by atomic mass is 35.5. The largest absolute Gasteiger partial charge is 0.495 e. The number of benzene rings is 2. The number of ether oxygens (including phenoxy) is 2. The first-order valence-electron chi connectivity index (χ1n) is 10.7. The third-order valence-electron chi connectivity index (χ3n) is 6.45. The van der Waals surface area contributed by atoms with Gasteiger partial charge in [0.05, 0.1) is 25.8 Å². The molecule has 3 aromatic rings. The minimum absolute atomic E-state index is 0. The minimum atomic E-state index is -0.294. The predicted molar refractivity (Wildman–Crippen MR) is 137 cm³/mol. The van der Waals surface area contributed by atoms with Crippen molar-refractivity contribution in [2.75, 3.05) is 26.2 Å². The van der Waals surface area contributed by atoms with Crippen molar-refractivity contribution < 1.29 is 18.7 Å². The fourth-order valence-electron chi connectivity index (χ4n) is 4.84. The first kappa shape index (κ1) is 27.4. The number of methoxy groups -OCH3 is 2. The summed E-state index contributed by atoms with van der Waals surface area (Å²) in [5, 5.41) is 0. The molecule has 0 radical (unpaired) electrons. The second-order valence-corrected chi connectivity index (χ2v) is 8.09. The predicted octanol–water partition coefficient (Wildman–Crippen LogP) is 5.91. The van der Waals surface area contributed by atoms with Crippen LogP contribution in [0.2, 0.25) is 0 Å². The number of esters is 1. The molecule has 1 aromatic heterocycles. The molecular weight excluding hydrogens is 478 g/mol. The lowest BCUT2D eigenvalue weighted by atomic mass is 9.85. The Morgan fingerprint density at radius 2 is 1.65 bits per heavy atom. The number of pyridine rings is 1. The van der Waals surface area contributed by atoms with Crippen LogP contribution in [0.3, 0.4) is 0 Å². The van der Waals surface area contributed by atoms with E-state index in [-0.39, 0.29) is 54.5 Å². The Bertz CT molecular complexity index is 1080. The Hall–Kier alpha value is -2.83. The summed E-state index contributed by atoms with van der Waals surface area (Å²) in [6.07, 6.45) is 5.05. The van der Waals surface area contributed by atoms with E-state index < -0.39 is 0 Å². The van der Waals surface area contributed by atoms with Crippen LogP contribution in [0.25, 0.3) is 11.1 Å². The van der Waals surface area contributed by atoms with Crippen molar-refractivity contribution in [3.8, 4) is 16.9 Å². The standard InChI is InChI=1S/C26H27FN2O3.2ClH/c1-29(23-16-19(6-11-24(23)31-2)17-12-14-28-15-13-17)22-10-9-21(26(30)32-3)25(22)18-4-7-20(27)8-5-18;;/h4-8,11-16,21-22,25H,9-10H2,1-3H3;2*1H. The van der Waals surface area contributed by atoms with Gasteiger partial charge >= 0.3 is 5.97 Å². The molecule has 1 saturated carbocycles. The molecule has 3 atom stereocenters. The quantitative estimate of drug-likeness (QED) is 0.389. The summed E-state index contributed by atoms with van der Waals surface area (Å²) in [7, 11) is 5.10. The van der Waals surface area contributed by atoms with E-state index in [0.29, 0.717) is 6.42 Å². The fraction of sp³-hybridized carbons (Fsp3) is 0.308. The first-order chi connectivity index (χ1) is 15.5. The Labute approximate surface area is 212 Å². The van der Waals surface area contributed by atoms with Crippen LogP contribution in [-0.2, 0) is 9.53 Å². The summed E-state index contributed by atoms with van der Waals surface area (Å²) in [6.45, 7) is 0. The Balaban J connectivity index is 0.00000204. The summed E-state index contributed by atoms with van der Waals surface area (Å²) in [4.78, 5) is 18.9. The molecule has 1 aliphatic carbocycles. The van der Waals surface area contributed by atoms with Crippen molar-refractivity contribution in [1.82, 2.24) is 4.98 Å². The number of likely N-dealkylation sites (N-methyl/N-ethyl adjacent to an activating group) is 1. The molecule has 2 aromatic carbocycles. The average molecular weight is 507 g/mol. The average Bonchev–Trinajstić information content (AvgIpc) is 3.29. The highest BCUT2D eigenvalue weighted by molar-refractivity contribution is 5.85. The van der Waals surface area contributed by atoms with Gasteiger partial charge in [-0.1, -0.05) is 18.2 Å². The van der Waals surface area contributed by atoms with E-state index in [1.165, 1.54) is 19.2 Å². The van der Waals surface area contributed by atoms with Crippen LogP contribution in [0.15, 0.2) is 67.0 Å². The third kappa shape index (κ3) is 5.45. The molecular formula is C26H29Cl2FN2O3. The smallest absolute Gasteiger partial charge is 0.309 e. The number of hydrogen-bond acceptors (Lipinski definition) is 5. The zero-order chi connectivity index (χ0) is 22.7. The van der Waals surface area contributed by atoms with E-state index in [4.69, 9.17) is 9.47 Å². The van der Waals surface area contributed by atoms with Crippen LogP contribution in [0, 0.1) is 11.7 Å². The molecule has 34 heavy (non-hydrogen) atoms. The molecule has 0 aliphatic heterocycles. The van der Waals surface area contributed by atoms with Gasteiger partial charge < -0.3 is 14.4 Å². The summed E-state index contributed by atoms with van der Waals surface area (Å²) < 4.78 is 24.4. The zero-order valence-electron chi connectivity index (χ0n) is 19.3. The van der Waals surface area contributed by atoms with Gasteiger partial charge in [-0.15, -0.1) is 24.8 Å². The van der Waals surface area contributed by atoms with Gasteiger partial charge in [0.1, 0.15) is 11.6 Å². The Morgan fingerprint density at radius 3 is 2.26 bits per heavy atom. The molecule has 4 rings (SSSR count). The second-order valence-electron chi connectivity index (χ2n) is 8.09. The molecule has 0 spiro atoms. The lowest BCUT2D eigenvalue weighted by Gasteiger charge is -2.34. The van der Waals surface area contributed by atoms with E-state index in [2.05, 4.69) is 16.0 Å². The van der Waals surface area contributed by atoms with Gasteiger partial charge in [-0.2, -0.15) is 0 Å². The first-order valence-corrected chi connectivity index (χ1v) is 10.7. The van der Waals surface area contributed by atoms with E-state index >= 15 is 0 Å². The number of rotatable bonds is 6. The summed E-state index contributed by atoms with van der Waals surface area (Å²) in [5.41, 5.74) is 3.98. The molecule has 0 N–H and O–H groups in total. The molecule has 1 fully saturated rings. The molecule has 0 bridgehead atoms. The second kappa shape index (κ2) is 12.0. The van der Waals surface area contributed by atoms with Gasteiger partial charge in [0, 0.05) is 31.4 Å². The topological polar surface area (TPSA) is 51.7 Å². The number of halogens is 3. The van der Waals surface area contributed by atoms with E-state index in [9.17, 15) is 9.18 Å².